The van der Waals surface area contributed by atoms with Gasteiger partial charge in [0.15, 0.2) is 0 Å². The van der Waals surface area contributed by atoms with E-state index in [2.05, 4.69) is 15.9 Å². The summed E-state index contributed by atoms with van der Waals surface area (Å²) in [7, 11) is 0. The molecule has 88 valence electrons. The number of hydrogen-bond acceptors (Lipinski definition) is 2. The molecule has 2 N–H and O–H groups in total. The van der Waals surface area contributed by atoms with Crippen molar-refractivity contribution < 1.29 is 15.0 Å². The van der Waals surface area contributed by atoms with Gasteiger partial charge in [0.25, 0.3) is 0 Å². The van der Waals surface area contributed by atoms with Gasteiger partial charge in [0.1, 0.15) is 11.3 Å². The van der Waals surface area contributed by atoms with E-state index in [9.17, 15) is 9.90 Å². The minimum absolute atomic E-state index is 0.0640. The SMILES string of the molecule is CCC(C)(C)c1cc(Br)c(O)c(C(=O)O)c1. The zero-order chi connectivity index (χ0) is 12.5. The van der Waals surface area contributed by atoms with Crippen LogP contribution in [0.1, 0.15) is 43.1 Å². The van der Waals surface area contributed by atoms with Crippen LogP contribution in [0, 0.1) is 0 Å². The summed E-state index contributed by atoms with van der Waals surface area (Å²) in [5.41, 5.74) is 0.725. The number of benzene rings is 1. The first-order valence-corrected chi connectivity index (χ1v) is 5.85. The Bertz CT molecular complexity index is 425. The van der Waals surface area contributed by atoms with Crippen molar-refractivity contribution in [3.63, 3.8) is 0 Å². The lowest BCUT2D eigenvalue weighted by atomic mass is 9.81. The molecule has 0 saturated carbocycles. The van der Waals surface area contributed by atoms with Gasteiger partial charge in [-0.05, 0) is 45.5 Å². The van der Waals surface area contributed by atoms with Crippen LogP contribution in [0.5, 0.6) is 5.75 Å². The number of hydrogen-bond donors (Lipinski definition) is 2. The summed E-state index contributed by atoms with van der Waals surface area (Å²) < 4.78 is 0.420. The Morgan fingerprint density at radius 2 is 2.00 bits per heavy atom. The van der Waals surface area contributed by atoms with Crippen molar-refractivity contribution in [1.82, 2.24) is 0 Å². The molecule has 3 nitrogen and oxygen atoms in total. The van der Waals surface area contributed by atoms with Crippen LogP contribution in [-0.4, -0.2) is 16.2 Å². The zero-order valence-corrected chi connectivity index (χ0v) is 11.1. The Labute approximate surface area is 103 Å². The lowest BCUT2D eigenvalue weighted by Gasteiger charge is -2.24. The molecule has 0 aromatic heterocycles. The van der Waals surface area contributed by atoms with Gasteiger partial charge in [-0.25, -0.2) is 4.79 Å². The number of phenols is 1. The van der Waals surface area contributed by atoms with Crippen molar-refractivity contribution in [1.29, 1.82) is 0 Å². The molecule has 0 fully saturated rings. The Kier molecular flexibility index (Phi) is 3.63. The predicted octanol–water partition coefficient (Wildman–Crippen LogP) is 3.54. The van der Waals surface area contributed by atoms with Crippen LogP contribution >= 0.6 is 15.9 Å². The third kappa shape index (κ3) is 2.38. The Hall–Kier alpha value is -1.03. The predicted molar refractivity (Wildman–Crippen MR) is 66.1 cm³/mol. The molecule has 0 radical (unpaired) electrons. The van der Waals surface area contributed by atoms with Crippen LogP contribution in [0.4, 0.5) is 0 Å². The Morgan fingerprint density at radius 1 is 1.44 bits per heavy atom. The van der Waals surface area contributed by atoms with Crippen LogP contribution in [0.25, 0.3) is 0 Å². The second kappa shape index (κ2) is 4.45. The third-order valence-corrected chi connectivity index (χ3v) is 3.56. The van der Waals surface area contributed by atoms with Crippen LogP contribution in [0.3, 0.4) is 0 Å². The van der Waals surface area contributed by atoms with Gasteiger partial charge in [-0.2, -0.15) is 0 Å². The molecule has 0 saturated heterocycles. The quantitative estimate of drug-likeness (QED) is 0.894. The van der Waals surface area contributed by atoms with E-state index in [1.807, 2.05) is 20.8 Å². The fourth-order valence-electron chi connectivity index (χ4n) is 1.36. The van der Waals surface area contributed by atoms with Crippen LogP contribution in [-0.2, 0) is 5.41 Å². The first-order chi connectivity index (χ1) is 7.29. The molecule has 0 aliphatic rings. The van der Waals surface area contributed by atoms with Gasteiger partial charge in [0, 0.05) is 0 Å². The van der Waals surface area contributed by atoms with Crippen LogP contribution in [0.15, 0.2) is 16.6 Å². The second-order valence-corrected chi connectivity index (χ2v) is 5.25. The molecule has 0 unspecified atom stereocenters. The van der Waals surface area contributed by atoms with E-state index in [-0.39, 0.29) is 16.7 Å². The first-order valence-electron chi connectivity index (χ1n) is 5.06. The summed E-state index contributed by atoms with van der Waals surface area (Å²) in [5.74, 6) is -1.34. The Balaban J connectivity index is 3.41. The molecule has 0 bridgehead atoms. The summed E-state index contributed by atoms with van der Waals surface area (Å²) in [6, 6.07) is 3.30. The lowest BCUT2D eigenvalue weighted by molar-refractivity contribution is 0.0693. The fourth-order valence-corrected chi connectivity index (χ4v) is 1.82. The summed E-state index contributed by atoms with van der Waals surface area (Å²) in [5, 5.41) is 18.6. The van der Waals surface area contributed by atoms with Gasteiger partial charge < -0.3 is 10.2 Å². The summed E-state index contributed by atoms with van der Waals surface area (Å²) in [6.45, 7) is 6.12. The highest BCUT2D eigenvalue weighted by molar-refractivity contribution is 9.10. The van der Waals surface area contributed by atoms with Gasteiger partial charge in [-0.3, -0.25) is 0 Å². The first kappa shape index (κ1) is 13.0. The van der Waals surface area contributed by atoms with E-state index in [0.29, 0.717) is 4.47 Å². The standard InChI is InChI=1S/C12H15BrO3/c1-4-12(2,3)7-5-8(11(15)16)10(14)9(13)6-7/h5-6,14H,4H2,1-3H3,(H,15,16). The molecule has 0 amide bonds. The molecule has 16 heavy (non-hydrogen) atoms. The van der Waals surface area contributed by atoms with Gasteiger partial charge in [0.05, 0.1) is 4.47 Å². The largest absolute Gasteiger partial charge is 0.506 e. The molecular weight excluding hydrogens is 272 g/mol. The minimum atomic E-state index is -1.12. The molecule has 0 heterocycles. The molecule has 1 rings (SSSR count). The smallest absolute Gasteiger partial charge is 0.339 e. The second-order valence-electron chi connectivity index (χ2n) is 4.40. The molecule has 0 atom stereocenters. The molecule has 0 aliphatic heterocycles. The van der Waals surface area contributed by atoms with Crippen molar-refractivity contribution >= 4 is 21.9 Å². The van der Waals surface area contributed by atoms with Crippen LogP contribution in [0.2, 0.25) is 0 Å². The highest BCUT2D eigenvalue weighted by atomic mass is 79.9. The van der Waals surface area contributed by atoms with Crippen molar-refractivity contribution in [2.45, 2.75) is 32.6 Å². The third-order valence-electron chi connectivity index (χ3n) is 2.96. The van der Waals surface area contributed by atoms with E-state index >= 15 is 0 Å². The maximum atomic E-state index is 11.0. The monoisotopic (exact) mass is 286 g/mol. The topological polar surface area (TPSA) is 57.5 Å². The molecule has 4 heteroatoms. The van der Waals surface area contributed by atoms with Crippen molar-refractivity contribution in [2.75, 3.05) is 0 Å². The van der Waals surface area contributed by atoms with Crippen molar-refractivity contribution in [3.05, 3.63) is 27.7 Å². The van der Waals surface area contributed by atoms with E-state index in [4.69, 9.17) is 5.11 Å². The summed E-state index contributed by atoms with van der Waals surface area (Å²) in [6.07, 6.45) is 0.892. The molecule has 1 aromatic carbocycles. The summed E-state index contributed by atoms with van der Waals surface area (Å²) >= 11 is 3.17. The van der Waals surface area contributed by atoms with Gasteiger partial charge in [0.2, 0.25) is 0 Å². The fraction of sp³-hybridized carbons (Fsp3) is 0.417. The van der Waals surface area contributed by atoms with E-state index in [1.165, 1.54) is 6.07 Å². The van der Waals surface area contributed by atoms with E-state index < -0.39 is 5.97 Å². The number of carbonyl (C=O) groups is 1. The van der Waals surface area contributed by atoms with E-state index in [1.54, 1.807) is 6.07 Å². The lowest BCUT2D eigenvalue weighted by Crippen LogP contribution is -2.16. The average Bonchev–Trinajstić information content (AvgIpc) is 2.21. The Morgan fingerprint density at radius 3 is 2.44 bits per heavy atom. The maximum Gasteiger partial charge on any atom is 0.339 e. The number of aromatic carboxylic acids is 1. The average molecular weight is 287 g/mol. The zero-order valence-electron chi connectivity index (χ0n) is 9.54. The molecule has 0 aliphatic carbocycles. The number of rotatable bonds is 3. The van der Waals surface area contributed by atoms with Crippen molar-refractivity contribution in [2.24, 2.45) is 0 Å². The van der Waals surface area contributed by atoms with Gasteiger partial charge >= 0.3 is 5.97 Å². The maximum absolute atomic E-state index is 11.0. The number of carboxylic acids is 1. The number of halogens is 1. The molecule has 0 spiro atoms. The summed E-state index contributed by atoms with van der Waals surface area (Å²) in [4.78, 5) is 11.0. The van der Waals surface area contributed by atoms with Gasteiger partial charge in [-0.1, -0.05) is 20.8 Å². The van der Waals surface area contributed by atoms with Gasteiger partial charge in [-0.15, -0.1) is 0 Å². The highest BCUT2D eigenvalue weighted by Crippen LogP contribution is 2.35. The van der Waals surface area contributed by atoms with E-state index in [0.717, 1.165) is 12.0 Å². The normalized spacial score (nSPS) is 11.5. The minimum Gasteiger partial charge on any atom is -0.506 e. The molecule has 1 aromatic rings. The van der Waals surface area contributed by atoms with Crippen LogP contribution < -0.4 is 0 Å². The highest BCUT2D eigenvalue weighted by Gasteiger charge is 2.23. The van der Waals surface area contributed by atoms with Crippen molar-refractivity contribution in [3.8, 4) is 5.75 Å². The number of carboxylic acid groups (broad SMARTS) is 1. The number of aromatic hydroxyl groups is 1. The molecular formula is C12H15BrO3.